The average molecular weight is 721 g/mol. The summed E-state index contributed by atoms with van der Waals surface area (Å²) < 4.78 is 46.8. The molecule has 0 atom stereocenters. The van der Waals surface area contributed by atoms with E-state index < -0.39 is 18.1 Å². The lowest BCUT2D eigenvalue weighted by molar-refractivity contribution is 0.953. The SMILES string of the molecule is [2H]c1c([2H])c([2H])c(-c2cccc(-c3nc(-c4ccccc4)nc(-n4c5ccccc5c5ccc6c7ccccc7n(-c7ccccc7-c7ccccc7)c6c54)n3)c2)c([2H])c1[2H]. The molecule has 0 saturated heterocycles. The minimum absolute atomic E-state index is 0.110. The maximum atomic E-state index is 8.71. The van der Waals surface area contributed by atoms with E-state index in [1.165, 1.54) is 0 Å². The predicted molar refractivity (Wildman–Crippen MR) is 230 cm³/mol. The number of fused-ring (bicyclic) bond motifs is 7. The van der Waals surface area contributed by atoms with E-state index in [0.29, 0.717) is 28.7 Å². The highest BCUT2D eigenvalue weighted by Gasteiger charge is 2.24. The molecule has 11 rings (SSSR count). The summed E-state index contributed by atoms with van der Waals surface area (Å²) in [5, 5.41) is 4.28. The molecule has 0 saturated carbocycles. The van der Waals surface area contributed by atoms with Crippen LogP contribution < -0.4 is 0 Å². The number of nitrogens with zero attached hydrogens (tertiary/aromatic N) is 5. The molecule has 262 valence electrons. The van der Waals surface area contributed by atoms with Gasteiger partial charge in [-0.3, -0.25) is 4.57 Å². The van der Waals surface area contributed by atoms with Gasteiger partial charge in [-0.15, -0.1) is 0 Å². The summed E-state index contributed by atoms with van der Waals surface area (Å²) >= 11 is 0. The van der Waals surface area contributed by atoms with Crippen LogP contribution in [0.25, 0.3) is 100 Å². The van der Waals surface area contributed by atoms with E-state index in [1.807, 2.05) is 48.5 Å². The molecule has 0 bridgehead atoms. The summed E-state index contributed by atoms with van der Waals surface area (Å²) in [5.41, 5.74) is 9.12. The van der Waals surface area contributed by atoms with E-state index in [4.69, 9.17) is 21.8 Å². The van der Waals surface area contributed by atoms with Crippen LogP contribution in [-0.2, 0) is 0 Å². The highest BCUT2D eigenvalue weighted by atomic mass is 15.2. The van der Waals surface area contributed by atoms with Crippen LogP contribution >= 0.6 is 0 Å². The highest BCUT2D eigenvalue weighted by molar-refractivity contribution is 6.24. The largest absolute Gasteiger partial charge is 0.307 e. The molecule has 3 heterocycles. The molecule has 0 radical (unpaired) electrons. The molecule has 0 aliphatic rings. The summed E-state index contributed by atoms with van der Waals surface area (Å²) in [6.45, 7) is 0. The Morgan fingerprint density at radius 1 is 0.375 bits per heavy atom. The fourth-order valence-electron chi connectivity index (χ4n) is 8.01. The molecule has 0 fully saturated rings. The summed E-state index contributed by atoms with van der Waals surface area (Å²) in [7, 11) is 0. The van der Waals surface area contributed by atoms with Crippen molar-refractivity contribution >= 4 is 43.6 Å². The normalized spacial score (nSPS) is 12.8. The van der Waals surface area contributed by atoms with Gasteiger partial charge in [-0.05, 0) is 41.0 Å². The first-order valence-corrected chi connectivity index (χ1v) is 18.5. The fraction of sp³-hybridized carbons (Fsp3) is 0. The third-order valence-corrected chi connectivity index (χ3v) is 10.5. The first kappa shape index (κ1) is 27.0. The lowest BCUT2D eigenvalue weighted by Gasteiger charge is -2.16. The van der Waals surface area contributed by atoms with Crippen molar-refractivity contribution in [2.45, 2.75) is 0 Å². The number of hydrogen-bond acceptors (Lipinski definition) is 3. The van der Waals surface area contributed by atoms with E-state index >= 15 is 0 Å². The topological polar surface area (TPSA) is 48.5 Å². The second-order valence-corrected chi connectivity index (χ2v) is 13.7. The van der Waals surface area contributed by atoms with Gasteiger partial charge in [0.1, 0.15) is 0 Å². The molecule has 5 heteroatoms. The first-order chi connectivity index (χ1) is 29.9. The molecule has 8 aromatic carbocycles. The van der Waals surface area contributed by atoms with Gasteiger partial charge in [0.15, 0.2) is 11.6 Å². The standard InChI is InChI=1S/C51H33N5/c1-4-17-34(18-5-1)37-23-16-24-38(33-37)50-52-49(36-21-8-3-9-22-36)53-51(54-50)56-46-30-15-12-27-41(46)43-32-31-42-40-26-11-14-29-45(40)55(47(42)48(43)56)44-28-13-10-25-39(44)35-19-6-2-7-20-35/h1-33H/i1D,4D,5D,17D,18D. The number of hydrogen-bond donors (Lipinski definition) is 0. The van der Waals surface area contributed by atoms with Gasteiger partial charge in [0.25, 0.3) is 0 Å². The highest BCUT2D eigenvalue weighted by Crippen LogP contribution is 2.43. The average Bonchev–Trinajstić information content (AvgIpc) is 3.84. The smallest absolute Gasteiger partial charge is 0.238 e. The van der Waals surface area contributed by atoms with Crippen molar-refractivity contribution in [2.75, 3.05) is 0 Å². The Morgan fingerprint density at radius 2 is 0.911 bits per heavy atom. The lowest BCUT2D eigenvalue weighted by atomic mass is 10.0. The van der Waals surface area contributed by atoms with Gasteiger partial charge < -0.3 is 4.57 Å². The molecule has 0 aliphatic heterocycles. The molecule has 5 nitrogen and oxygen atoms in total. The summed E-state index contributed by atoms with van der Waals surface area (Å²) in [4.78, 5) is 15.5. The van der Waals surface area contributed by atoms with Crippen LogP contribution in [0.1, 0.15) is 6.85 Å². The molecular weight excluding hydrogens is 683 g/mol. The Balaban J connectivity index is 1.24. The van der Waals surface area contributed by atoms with Crippen molar-refractivity contribution in [1.82, 2.24) is 24.1 Å². The van der Waals surface area contributed by atoms with Crippen LogP contribution in [0.2, 0.25) is 0 Å². The van der Waals surface area contributed by atoms with Crippen LogP contribution in [0.4, 0.5) is 0 Å². The van der Waals surface area contributed by atoms with E-state index in [2.05, 4.69) is 112 Å². The Labute approximate surface area is 330 Å². The van der Waals surface area contributed by atoms with Crippen LogP contribution in [0.15, 0.2) is 200 Å². The Kier molecular flexibility index (Phi) is 6.29. The molecule has 3 aromatic heterocycles. The second kappa shape index (κ2) is 13.0. The second-order valence-electron chi connectivity index (χ2n) is 13.7. The molecule has 0 spiro atoms. The monoisotopic (exact) mass is 720 g/mol. The van der Waals surface area contributed by atoms with Gasteiger partial charge >= 0.3 is 0 Å². The van der Waals surface area contributed by atoms with Crippen molar-refractivity contribution in [3.05, 3.63) is 200 Å². The lowest BCUT2D eigenvalue weighted by Crippen LogP contribution is -2.07. The minimum atomic E-state index is -0.438. The third kappa shape index (κ3) is 5.13. The summed E-state index contributed by atoms with van der Waals surface area (Å²) in [6.07, 6.45) is 0. The van der Waals surface area contributed by atoms with Gasteiger partial charge in [0.05, 0.1) is 34.6 Å². The minimum Gasteiger partial charge on any atom is -0.307 e. The Morgan fingerprint density at radius 3 is 1.62 bits per heavy atom. The molecule has 0 unspecified atom stereocenters. The van der Waals surface area contributed by atoms with Crippen molar-refractivity contribution < 1.29 is 6.85 Å². The summed E-state index contributed by atoms with van der Waals surface area (Å²) in [6, 6.07) is 55.4. The molecule has 11 aromatic rings. The van der Waals surface area contributed by atoms with Gasteiger partial charge in [0, 0.05) is 38.2 Å². The van der Waals surface area contributed by atoms with Gasteiger partial charge in [0.2, 0.25) is 5.95 Å². The van der Waals surface area contributed by atoms with E-state index in [0.717, 1.165) is 66.0 Å². The van der Waals surface area contributed by atoms with Gasteiger partial charge in [-0.25, -0.2) is 4.98 Å². The van der Waals surface area contributed by atoms with E-state index in [-0.39, 0.29) is 17.6 Å². The maximum absolute atomic E-state index is 8.71. The quantitative estimate of drug-likeness (QED) is 0.172. The van der Waals surface area contributed by atoms with Gasteiger partial charge in [-0.1, -0.05) is 176 Å². The zero-order valence-electron chi connectivity index (χ0n) is 34.9. The number of rotatable bonds is 6. The van der Waals surface area contributed by atoms with Crippen LogP contribution in [0.3, 0.4) is 0 Å². The zero-order valence-corrected chi connectivity index (χ0v) is 29.9. The fourth-order valence-corrected chi connectivity index (χ4v) is 8.01. The third-order valence-electron chi connectivity index (χ3n) is 10.5. The molecule has 0 amide bonds. The molecule has 56 heavy (non-hydrogen) atoms. The Hall–Kier alpha value is -7.63. The summed E-state index contributed by atoms with van der Waals surface area (Å²) in [5.74, 6) is 1.23. The number of aromatic nitrogens is 5. The van der Waals surface area contributed by atoms with Crippen LogP contribution in [0, 0.1) is 0 Å². The molecular formula is C51H33N5. The van der Waals surface area contributed by atoms with Crippen molar-refractivity contribution in [2.24, 2.45) is 0 Å². The number of para-hydroxylation sites is 3. The van der Waals surface area contributed by atoms with Crippen LogP contribution in [0.5, 0.6) is 0 Å². The number of benzene rings is 8. The van der Waals surface area contributed by atoms with Crippen molar-refractivity contribution in [1.29, 1.82) is 0 Å². The van der Waals surface area contributed by atoms with Crippen molar-refractivity contribution in [3.63, 3.8) is 0 Å². The predicted octanol–water partition coefficient (Wildman–Crippen LogP) is 12.7. The Bertz CT molecular complexity index is 3520. The maximum Gasteiger partial charge on any atom is 0.238 e. The van der Waals surface area contributed by atoms with E-state index in [9.17, 15) is 0 Å². The molecule has 0 aliphatic carbocycles. The van der Waals surface area contributed by atoms with Crippen LogP contribution in [-0.4, -0.2) is 24.1 Å². The van der Waals surface area contributed by atoms with Crippen molar-refractivity contribution in [3.8, 4) is 56.7 Å². The zero-order chi connectivity index (χ0) is 41.4. The van der Waals surface area contributed by atoms with E-state index in [1.54, 1.807) is 18.2 Å². The van der Waals surface area contributed by atoms with Gasteiger partial charge in [-0.2, -0.15) is 9.97 Å². The first-order valence-electron chi connectivity index (χ1n) is 21.0. The molecule has 0 N–H and O–H groups in total.